The number of hydrogen-bond donors (Lipinski definition) is 0. The molecule has 2 aromatic heterocycles. The van der Waals surface area contributed by atoms with Crippen LogP contribution in [0.2, 0.25) is 0 Å². The van der Waals surface area contributed by atoms with Gasteiger partial charge < -0.3 is 0 Å². The van der Waals surface area contributed by atoms with Crippen LogP contribution in [0.15, 0.2) is 46.6 Å². The van der Waals surface area contributed by atoms with Crippen LogP contribution in [0.3, 0.4) is 0 Å². The van der Waals surface area contributed by atoms with Crippen molar-refractivity contribution in [2.24, 2.45) is 0 Å². The van der Waals surface area contributed by atoms with E-state index in [0.717, 1.165) is 16.1 Å². The minimum Gasteiger partial charge on any atom is -0.246 e. The Balaban J connectivity index is 1.66. The van der Waals surface area contributed by atoms with E-state index in [1.807, 2.05) is 48.7 Å². The van der Waals surface area contributed by atoms with E-state index in [0.29, 0.717) is 38.3 Å². The third kappa shape index (κ3) is 4.25. The Morgan fingerprint density at radius 3 is 2.45 bits per heavy atom. The van der Waals surface area contributed by atoms with Crippen LogP contribution in [0, 0.1) is 6.92 Å². The number of piperidine rings is 1. The number of thiophene rings is 1. The zero-order valence-corrected chi connectivity index (χ0v) is 19.6. The molecule has 31 heavy (non-hydrogen) atoms. The zero-order valence-electron chi connectivity index (χ0n) is 17.9. The van der Waals surface area contributed by atoms with Crippen LogP contribution in [0.4, 0.5) is 0 Å². The molecule has 1 fully saturated rings. The molecule has 0 N–H and O–H groups in total. The zero-order chi connectivity index (χ0) is 22.2. The van der Waals surface area contributed by atoms with Gasteiger partial charge >= 0.3 is 5.69 Å². The molecule has 1 aliphatic heterocycles. The molecule has 1 aromatic carbocycles. The molecule has 1 aliphatic rings. The van der Waals surface area contributed by atoms with Crippen molar-refractivity contribution in [3.05, 3.63) is 69.2 Å². The second-order valence-corrected chi connectivity index (χ2v) is 11.0. The summed E-state index contributed by atoms with van der Waals surface area (Å²) in [6, 6.07) is 11.8. The fourth-order valence-corrected chi connectivity index (χ4v) is 5.79. The molecule has 0 atom stereocenters. The van der Waals surface area contributed by atoms with Crippen molar-refractivity contribution in [1.82, 2.24) is 23.0 Å². The van der Waals surface area contributed by atoms with Gasteiger partial charge in [0.1, 0.15) is 10.8 Å². The monoisotopic (exact) mass is 461 g/mol. The van der Waals surface area contributed by atoms with E-state index in [-0.39, 0.29) is 11.6 Å². The van der Waals surface area contributed by atoms with E-state index in [1.165, 1.54) is 24.6 Å². The van der Waals surface area contributed by atoms with Gasteiger partial charge in [-0.05, 0) is 48.4 Å². The van der Waals surface area contributed by atoms with Crippen LogP contribution in [-0.2, 0) is 16.8 Å². The lowest BCUT2D eigenvalue weighted by Crippen LogP contribution is -2.44. The van der Waals surface area contributed by atoms with E-state index >= 15 is 0 Å². The molecule has 0 unspecified atom stereocenters. The van der Waals surface area contributed by atoms with E-state index in [4.69, 9.17) is 5.10 Å². The first-order chi connectivity index (χ1) is 14.8. The number of benzene rings is 1. The lowest BCUT2D eigenvalue weighted by Gasteiger charge is -2.32. The largest absolute Gasteiger partial charge is 0.351 e. The molecule has 4 rings (SSSR count). The summed E-state index contributed by atoms with van der Waals surface area (Å²) < 4.78 is 30.9. The van der Waals surface area contributed by atoms with Crippen molar-refractivity contribution >= 4 is 21.5 Å². The van der Waals surface area contributed by atoms with Crippen LogP contribution in [0.25, 0.3) is 5.00 Å². The first-order valence-corrected chi connectivity index (χ1v) is 12.5. The molecule has 10 heteroatoms. The molecular weight excluding hydrogens is 434 g/mol. The summed E-state index contributed by atoms with van der Waals surface area (Å²) in [7, 11) is -0.343. The summed E-state index contributed by atoms with van der Waals surface area (Å²) in [5.74, 6) is 0.726. The highest BCUT2D eigenvalue weighted by molar-refractivity contribution is 7.86. The lowest BCUT2D eigenvalue weighted by molar-refractivity contribution is 0.295. The molecule has 8 nitrogen and oxygen atoms in total. The van der Waals surface area contributed by atoms with Gasteiger partial charge in [0.25, 0.3) is 10.2 Å². The minimum atomic E-state index is -3.43. The smallest absolute Gasteiger partial charge is 0.246 e. The number of rotatable bonds is 6. The summed E-state index contributed by atoms with van der Waals surface area (Å²) in [6.07, 6.45) is 1.25. The number of aryl methyl sites for hydroxylation is 1. The van der Waals surface area contributed by atoms with Gasteiger partial charge in [-0.2, -0.15) is 22.1 Å². The average molecular weight is 462 g/mol. The second-order valence-electron chi connectivity index (χ2n) is 7.98. The molecule has 0 aliphatic carbocycles. The highest BCUT2D eigenvalue weighted by Crippen LogP contribution is 2.30. The average Bonchev–Trinajstić information content (AvgIpc) is 3.38. The van der Waals surface area contributed by atoms with E-state index in [1.54, 1.807) is 18.7 Å². The highest BCUT2D eigenvalue weighted by Gasteiger charge is 2.33. The van der Waals surface area contributed by atoms with E-state index < -0.39 is 10.2 Å². The van der Waals surface area contributed by atoms with Gasteiger partial charge in [0.05, 0.1) is 6.54 Å². The van der Waals surface area contributed by atoms with Crippen LogP contribution in [0.1, 0.15) is 35.7 Å². The SMILES string of the molecule is Cc1ccccc1Cn1nc(C2CCN(S(=O)(=O)N(C)C)CC2)n(-c2cccs2)c1=O. The fourth-order valence-electron chi connectivity index (χ4n) is 3.92. The predicted molar refractivity (Wildman–Crippen MR) is 122 cm³/mol. The first-order valence-electron chi connectivity index (χ1n) is 10.2. The number of nitrogens with zero attached hydrogens (tertiary/aromatic N) is 5. The third-order valence-corrected chi connectivity index (χ3v) is 8.57. The molecule has 0 spiro atoms. The highest BCUT2D eigenvalue weighted by atomic mass is 32.2. The maximum Gasteiger partial charge on any atom is 0.351 e. The number of aromatic nitrogens is 3. The normalized spacial score (nSPS) is 16.3. The molecule has 0 bridgehead atoms. The molecule has 3 aromatic rings. The summed E-state index contributed by atoms with van der Waals surface area (Å²) in [5, 5.41) is 7.52. The van der Waals surface area contributed by atoms with Gasteiger partial charge in [0, 0.05) is 33.1 Å². The Morgan fingerprint density at radius 1 is 1.13 bits per heavy atom. The standard InChI is InChI=1S/C21H27N5O3S2/c1-16-7-4-5-8-18(16)15-25-21(27)26(19-9-6-14-30-19)20(22-25)17-10-12-24(13-11-17)31(28,29)23(2)3/h4-9,14,17H,10-13,15H2,1-3H3. The molecule has 1 saturated heterocycles. The molecular formula is C21H27N5O3S2. The Bertz CT molecular complexity index is 1200. The van der Waals surface area contributed by atoms with Gasteiger partial charge in [0.2, 0.25) is 0 Å². The van der Waals surface area contributed by atoms with Gasteiger partial charge in [-0.1, -0.05) is 24.3 Å². The molecule has 3 heterocycles. The van der Waals surface area contributed by atoms with Crippen LogP contribution in [0.5, 0.6) is 0 Å². The number of hydrogen-bond acceptors (Lipinski definition) is 5. The molecule has 0 radical (unpaired) electrons. The summed E-state index contributed by atoms with van der Waals surface area (Å²) in [6.45, 7) is 3.26. The van der Waals surface area contributed by atoms with Gasteiger partial charge in [-0.15, -0.1) is 11.3 Å². The minimum absolute atomic E-state index is 0.0153. The van der Waals surface area contributed by atoms with Gasteiger partial charge in [0.15, 0.2) is 0 Å². The van der Waals surface area contributed by atoms with Crippen LogP contribution >= 0.6 is 11.3 Å². The van der Waals surface area contributed by atoms with Crippen molar-refractivity contribution in [1.29, 1.82) is 0 Å². The van der Waals surface area contributed by atoms with Crippen LogP contribution in [-0.4, -0.2) is 58.6 Å². The van der Waals surface area contributed by atoms with Crippen LogP contribution < -0.4 is 5.69 Å². The first kappa shape index (κ1) is 21.9. The Labute approximate surface area is 186 Å². The van der Waals surface area contributed by atoms with Crippen molar-refractivity contribution in [3.63, 3.8) is 0 Å². The Morgan fingerprint density at radius 2 is 1.84 bits per heavy atom. The Kier molecular flexibility index (Phi) is 6.16. The summed E-state index contributed by atoms with van der Waals surface area (Å²) in [4.78, 5) is 13.3. The third-order valence-electron chi connectivity index (χ3n) is 5.78. The molecule has 166 valence electrons. The van der Waals surface area contributed by atoms with Gasteiger partial charge in [-0.25, -0.2) is 14.0 Å². The maximum atomic E-state index is 13.3. The van der Waals surface area contributed by atoms with Crippen molar-refractivity contribution in [2.75, 3.05) is 27.2 Å². The van der Waals surface area contributed by atoms with Crippen molar-refractivity contribution < 1.29 is 8.42 Å². The second kappa shape index (κ2) is 8.70. The predicted octanol–water partition coefficient (Wildman–Crippen LogP) is 2.44. The molecule has 0 saturated carbocycles. The summed E-state index contributed by atoms with van der Waals surface area (Å²) in [5.41, 5.74) is 2.01. The van der Waals surface area contributed by atoms with E-state index in [2.05, 4.69) is 0 Å². The van der Waals surface area contributed by atoms with E-state index in [9.17, 15) is 13.2 Å². The topological polar surface area (TPSA) is 80.4 Å². The fraction of sp³-hybridized carbons (Fsp3) is 0.429. The Hall–Kier alpha value is -2.27. The van der Waals surface area contributed by atoms with Gasteiger partial charge in [-0.3, -0.25) is 0 Å². The maximum absolute atomic E-state index is 13.3. The molecule has 0 amide bonds. The summed E-state index contributed by atoms with van der Waals surface area (Å²) >= 11 is 1.50. The van der Waals surface area contributed by atoms with Crippen molar-refractivity contribution in [3.8, 4) is 5.00 Å². The van der Waals surface area contributed by atoms with Crippen molar-refractivity contribution in [2.45, 2.75) is 32.2 Å². The lowest BCUT2D eigenvalue weighted by atomic mass is 9.97. The quantitative estimate of drug-likeness (QED) is 0.565.